The lowest BCUT2D eigenvalue weighted by atomic mass is 10.1. The van der Waals surface area contributed by atoms with Crippen LogP contribution in [0.25, 0.3) is 0 Å². The molecule has 0 bridgehead atoms. The lowest BCUT2D eigenvalue weighted by molar-refractivity contribution is 0.0451. The molecule has 1 aromatic rings. The highest BCUT2D eigenvalue weighted by atomic mass is 35.5. The van der Waals surface area contributed by atoms with Gasteiger partial charge in [0.05, 0.1) is 30.3 Å². The molecule has 1 aromatic carbocycles. The van der Waals surface area contributed by atoms with Crippen LogP contribution in [0.3, 0.4) is 0 Å². The fourth-order valence-electron chi connectivity index (χ4n) is 2.39. The van der Waals surface area contributed by atoms with Crippen molar-refractivity contribution in [2.75, 3.05) is 24.7 Å². The Hall–Kier alpha value is -1.15. The molecule has 0 unspecified atom stereocenters. The normalized spacial score (nSPS) is 24.0. The number of carbonyl (C=O) groups excluding carboxylic acids is 1. The van der Waals surface area contributed by atoms with Gasteiger partial charge in [0.25, 0.3) is 5.91 Å². The largest absolute Gasteiger partial charge is 0.395 e. The number of halogens is 1. The molecule has 1 fully saturated rings. The fourth-order valence-corrected chi connectivity index (χ4v) is 4.32. The maximum atomic E-state index is 12.5. The Labute approximate surface area is 127 Å². The molecule has 0 aliphatic carbocycles. The Morgan fingerprint density at radius 2 is 1.90 bits per heavy atom. The molecule has 1 heterocycles. The lowest BCUT2D eigenvalue weighted by Gasteiger charge is -2.29. The molecule has 6 nitrogen and oxygen atoms in total. The summed E-state index contributed by atoms with van der Waals surface area (Å²) in [4.78, 5) is 13.7. The second-order valence-corrected chi connectivity index (χ2v) is 7.53. The van der Waals surface area contributed by atoms with E-state index in [2.05, 4.69) is 0 Å². The van der Waals surface area contributed by atoms with E-state index in [1.165, 1.54) is 17.0 Å². The Morgan fingerprint density at radius 3 is 2.38 bits per heavy atom. The first-order chi connectivity index (χ1) is 9.84. The maximum Gasteiger partial charge on any atom is 0.254 e. The fraction of sp³-hybridized carbons (Fsp3) is 0.462. The molecule has 2 rings (SSSR count). The summed E-state index contributed by atoms with van der Waals surface area (Å²) in [6.45, 7) is -0.360. The van der Waals surface area contributed by atoms with Gasteiger partial charge in [-0.15, -0.1) is 0 Å². The van der Waals surface area contributed by atoms with Crippen molar-refractivity contribution in [2.24, 2.45) is 0 Å². The number of hydrogen-bond acceptors (Lipinski definition) is 5. The van der Waals surface area contributed by atoms with Crippen molar-refractivity contribution in [1.29, 1.82) is 0 Å². The van der Waals surface area contributed by atoms with E-state index in [4.69, 9.17) is 16.7 Å². The van der Waals surface area contributed by atoms with Gasteiger partial charge in [-0.2, -0.15) is 0 Å². The summed E-state index contributed by atoms with van der Waals surface area (Å²) < 4.78 is 23.2. The van der Waals surface area contributed by atoms with Crippen LogP contribution < -0.4 is 0 Å². The number of carbonyl (C=O) groups is 1. The van der Waals surface area contributed by atoms with Crippen molar-refractivity contribution in [3.63, 3.8) is 0 Å². The van der Waals surface area contributed by atoms with E-state index in [0.29, 0.717) is 10.6 Å². The second kappa shape index (κ2) is 6.31. The minimum Gasteiger partial charge on any atom is -0.395 e. The molecule has 1 aliphatic rings. The first-order valence-corrected chi connectivity index (χ1v) is 8.60. The lowest BCUT2D eigenvalue weighted by Crippen LogP contribution is -2.48. The predicted molar refractivity (Wildman–Crippen MR) is 78.0 cm³/mol. The van der Waals surface area contributed by atoms with Crippen LogP contribution in [0.1, 0.15) is 10.4 Å². The standard InChI is InChI=1S/C13H16ClNO5S/c14-10-3-1-9(2-4-10)13(18)15(5-6-16)11-7-21(19,20)8-12(11)17/h1-4,11-12,16-17H,5-8H2/t11-,12-/m1/s1. The van der Waals surface area contributed by atoms with Crippen molar-refractivity contribution in [2.45, 2.75) is 12.1 Å². The average molecular weight is 334 g/mol. The van der Waals surface area contributed by atoms with Gasteiger partial charge in [0.2, 0.25) is 0 Å². The molecule has 0 saturated carbocycles. The number of hydrogen-bond donors (Lipinski definition) is 2. The number of nitrogens with zero attached hydrogens (tertiary/aromatic N) is 1. The van der Waals surface area contributed by atoms with Gasteiger partial charge in [0, 0.05) is 17.1 Å². The maximum absolute atomic E-state index is 12.5. The monoisotopic (exact) mass is 333 g/mol. The van der Waals surface area contributed by atoms with Gasteiger partial charge < -0.3 is 15.1 Å². The molecule has 2 atom stereocenters. The number of aliphatic hydroxyl groups is 2. The number of aliphatic hydroxyl groups excluding tert-OH is 2. The predicted octanol–water partition coefficient (Wildman–Crippen LogP) is -0.0676. The van der Waals surface area contributed by atoms with Crippen LogP contribution in [0.15, 0.2) is 24.3 Å². The molecule has 1 amide bonds. The van der Waals surface area contributed by atoms with Crippen LogP contribution in [0.5, 0.6) is 0 Å². The number of amides is 1. The Morgan fingerprint density at radius 1 is 1.29 bits per heavy atom. The summed E-state index contributed by atoms with van der Waals surface area (Å²) in [5.74, 6) is -1.11. The summed E-state index contributed by atoms with van der Waals surface area (Å²) in [5, 5.41) is 19.5. The number of sulfone groups is 1. The zero-order chi connectivity index (χ0) is 15.6. The molecule has 21 heavy (non-hydrogen) atoms. The van der Waals surface area contributed by atoms with Crippen molar-refractivity contribution in [3.05, 3.63) is 34.9 Å². The zero-order valence-corrected chi connectivity index (χ0v) is 12.7. The van der Waals surface area contributed by atoms with Crippen LogP contribution >= 0.6 is 11.6 Å². The summed E-state index contributed by atoms with van der Waals surface area (Å²) in [7, 11) is -3.38. The quantitative estimate of drug-likeness (QED) is 0.804. The first-order valence-electron chi connectivity index (χ1n) is 6.40. The minimum atomic E-state index is -3.38. The van der Waals surface area contributed by atoms with Gasteiger partial charge in [-0.25, -0.2) is 8.42 Å². The van der Waals surface area contributed by atoms with Crippen molar-refractivity contribution in [1.82, 2.24) is 4.90 Å². The molecule has 116 valence electrons. The van der Waals surface area contributed by atoms with E-state index in [-0.39, 0.29) is 24.7 Å². The van der Waals surface area contributed by atoms with Gasteiger partial charge in [-0.1, -0.05) is 11.6 Å². The van der Waals surface area contributed by atoms with Gasteiger partial charge >= 0.3 is 0 Å². The second-order valence-electron chi connectivity index (χ2n) is 4.94. The van der Waals surface area contributed by atoms with Crippen LogP contribution in [0, 0.1) is 0 Å². The van der Waals surface area contributed by atoms with Crippen LogP contribution in [0.2, 0.25) is 5.02 Å². The van der Waals surface area contributed by atoms with E-state index >= 15 is 0 Å². The molecule has 0 radical (unpaired) electrons. The first kappa shape index (κ1) is 16.2. The van der Waals surface area contributed by atoms with E-state index in [9.17, 15) is 18.3 Å². The Kier molecular flexibility index (Phi) is 4.88. The van der Waals surface area contributed by atoms with Crippen molar-refractivity contribution in [3.8, 4) is 0 Å². The number of rotatable bonds is 4. The van der Waals surface area contributed by atoms with Crippen molar-refractivity contribution < 1.29 is 23.4 Å². The van der Waals surface area contributed by atoms with E-state index < -0.39 is 27.9 Å². The van der Waals surface area contributed by atoms with Crippen LogP contribution in [0.4, 0.5) is 0 Å². The Bertz CT molecular complexity index is 616. The highest BCUT2D eigenvalue weighted by Crippen LogP contribution is 2.21. The molecular formula is C13H16ClNO5S. The Balaban J connectivity index is 2.26. The zero-order valence-electron chi connectivity index (χ0n) is 11.1. The third-order valence-corrected chi connectivity index (χ3v) is 5.34. The third-order valence-electron chi connectivity index (χ3n) is 3.39. The average Bonchev–Trinajstić information content (AvgIpc) is 2.69. The van der Waals surface area contributed by atoms with E-state index in [0.717, 1.165) is 0 Å². The molecule has 0 aromatic heterocycles. The van der Waals surface area contributed by atoms with Gasteiger partial charge in [-0.05, 0) is 24.3 Å². The number of benzene rings is 1. The molecule has 1 aliphatic heterocycles. The summed E-state index contributed by atoms with van der Waals surface area (Å²) >= 11 is 5.76. The van der Waals surface area contributed by atoms with Crippen LogP contribution in [-0.2, 0) is 9.84 Å². The minimum absolute atomic E-state index is 0.0429. The van der Waals surface area contributed by atoms with Crippen LogP contribution in [-0.4, -0.2) is 66.2 Å². The summed E-state index contributed by atoms with van der Waals surface area (Å²) in [6.07, 6.45) is -1.14. The molecule has 1 saturated heterocycles. The SMILES string of the molecule is O=C(c1ccc(Cl)cc1)N(CCO)[C@@H]1CS(=O)(=O)C[C@H]1O. The van der Waals surface area contributed by atoms with E-state index in [1.807, 2.05) is 0 Å². The molecular weight excluding hydrogens is 318 g/mol. The summed E-state index contributed by atoms with van der Waals surface area (Å²) in [6, 6.07) is 5.29. The molecule has 8 heteroatoms. The molecule has 0 spiro atoms. The van der Waals surface area contributed by atoms with Gasteiger partial charge in [0.1, 0.15) is 0 Å². The summed E-state index contributed by atoms with van der Waals surface area (Å²) in [5.41, 5.74) is 0.323. The third kappa shape index (κ3) is 3.74. The molecule has 2 N–H and O–H groups in total. The topological polar surface area (TPSA) is 94.9 Å². The van der Waals surface area contributed by atoms with Gasteiger partial charge in [-0.3, -0.25) is 4.79 Å². The van der Waals surface area contributed by atoms with Crippen molar-refractivity contribution >= 4 is 27.3 Å². The highest BCUT2D eigenvalue weighted by molar-refractivity contribution is 7.91. The smallest absolute Gasteiger partial charge is 0.254 e. The van der Waals surface area contributed by atoms with E-state index in [1.54, 1.807) is 12.1 Å². The van der Waals surface area contributed by atoms with Gasteiger partial charge in [0.15, 0.2) is 9.84 Å². The highest BCUT2D eigenvalue weighted by Gasteiger charge is 2.41.